The Morgan fingerprint density at radius 2 is 1.92 bits per heavy atom. The molecule has 3 aliphatic rings. The van der Waals surface area contributed by atoms with Gasteiger partial charge in [0.15, 0.2) is 0 Å². The minimum absolute atomic E-state index is 0.117. The summed E-state index contributed by atoms with van der Waals surface area (Å²) in [4.78, 5) is 13.7. The normalized spacial score (nSPS) is 33.4. The first-order valence-electron chi connectivity index (χ1n) is 8.19. The number of rotatable bonds is 5. The van der Waals surface area contributed by atoms with Crippen molar-refractivity contribution in [3.8, 4) is 0 Å². The van der Waals surface area contributed by atoms with Crippen LogP contribution in [0.25, 0.3) is 0 Å². The monoisotopic (exact) mass is 345 g/mol. The summed E-state index contributed by atoms with van der Waals surface area (Å²) in [5, 5.41) is 5.56. The molecule has 0 radical (unpaired) electrons. The molecule has 1 aliphatic heterocycles. The highest BCUT2D eigenvalue weighted by Gasteiger charge is 2.43. The summed E-state index contributed by atoms with van der Waals surface area (Å²) in [5.74, 6) is 1.21. The van der Waals surface area contributed by atoms with E-state index in [-0.39, 0.29) is 18.9 Å². The zero-order chi connectivity index (χ0) is 17.5. The molecule has 0 aromatic rings. The molecule has 3 rings (SSSR count). The van der Waals surface area contributed by atoms with Gasteiger partial charge in [0.2, 0.25) is 0 Å². The van der Waals surface area contributed by atoms with E-state index in [0.717, 1.165) is 18.8 Å². The van der Waals surface area contributed by atoms with E-state index in [9.17, 15) is 18.0 Å². The van der Waals surface area contributed by atoms with Crippen molar-refractivity contribution in [1.29, 1.82) is 0 Å². The van der Waals surface area contributed by atoms with Crippen LogP contribution in [0.5, 0.6) is 0 Å². The number of Topliss-reactive ketones (excluding diaryl/α,β-unsaturated/α-hetero) is 1. The summed E-state index contributed by atoms with van der Waals surface area (Å²) < 4.78 is 40.5. The largest absolute Gasteiger partial charge is 0.522 e. The van der Waals surface area contributed by atoms with E-state index in [4.69, 9.17) is 0 Å². The van der Waals surface area contributed by atoms with E-state index in [1.165, 1.54) is 0 Å². The van der Waals surface area contributed by atoms with Crippen molar-refractivity contribution in [2.24, 2.45) is 16.9 Å². The molecule has 1 saturated heterocycles. The van der Waals surface area contributed by atoms with Crippen molar-refractivity contribution < 1.29 is 22.7 Å². The lowest BCUT2D eigenvalue weighted by atomic mass is 9.89. The van der Waals surface area contributed by atoms with Gasteiger partial charge in [-0.3, -0.25) is 14.5 Å². The summed E-state index contributed by atoms with van der Waals surface area (Å²) in [5.41, 5.74) is 1.00. The lowest BCUT2D eigenvalue weighted by molar-refractivity contribution is -0.353. The molecule has 1 heterocycles. The van der Waals surface area contributed by atoms with Crippen molar-refractivity contribution in [2.75, 3.05) is 13.1 Å². The second-order valence-corrected chi connectivity index (χ2v) is 6.97. The Bertz CT molecular complexity index is 527. The van der Waals surface area contributed by atoms with E-state index in [2.05, 4.69) is 21.5 Å². The number of hydrogen-bond donors (Lipinski definition) is 0. The average molecular weight is 345 g/mol. The number of ketones is 1. The first-order chi connectivity index (χ1) is 11.2. The summed E-state index contributed by atoms with van der Waals surface area (Å²) >= 11 is 0. The fourth-order valence-corrected chi connectivity index (χ4v) is 3.93. The second kappa shape index (κ2) is 6.38. The number of fused-ring (bicyclic) bond motifs is 1. The fraction of sp³-hybridized carbons (Fsp3) is 0.750. The predicted molar refractivity (Wildman–Crippen MR) is 81.9 cm³/mol. The molecular formula is C16H22F3N3O2. The topological polar surface area (TPSA) is 45.1 Å². The standard InChI is InChI=1S/C16H22F3N3O2/c1-10(21-8-11-3-14(23)4-12(11)9-21)7-22(20-2)13-5-15(6-13)24-16(17,18)19/h7,11-13,15H,2-6,8-9H2,1H3/b10-7+. The van der Waals surface area contributed by atoms with Crippen LogP contribution >= 0.6 is 0 Å². The van der Waals surface area contributed by atoms with Crippen molar-refractivity contribution in [1.82, 2.24) is 9.91 Å². The predicted octanol–water partition coefficient (Wildman–Crippen LogP) is 2.74. The van der Waals surface area contributed by atoms with E-state index in [1.807, 2.05) is 13.1 Å². The number of alkyl halides is 3. The van der Waals surface area contributed by atoms with Gasteiger partial charge in [0.05, 0.1) is 12.1 Å². The maximum absolute atomic E-state index is 12.2. The van der Waals surface area contributed by atoms with Crippen LogP contribution in [0.4, 0.5) is 13.2 Å². The molecule has 2 unspecified atom stereocenters. The lowest BCUT2D eigenvalue weighted by Gasteiger charge is -2.40. The van der Waals surface area contributed by atoms with Crippen LogP contribution in [-0.2, 0) is 9.53 Å². The SMILES string of the molecule is C=NN(/C=C(\C)N1CC2CC(=O)CC2C1)C1CC(OC(F)(F)F)C1. The molecule has 0 bridgehead atoms. The number of nitrogens with zero attached hydrogens (tertiary/aromatic N) is 3. The highest BCUT2D eigenvalue weighted by molar-refractivity contribution is 5.81. The third-order valence-corrected chi connectivity index (χ3v) is 5.28. The Hall–Kier alpha value is -1.57. The Morgan fingerprint density at radius 1 is 1.33 bits per heavy atom. The average Bonchev–Trinajstić information content (AvgIpc) is 2.96. The fourth-order valence-electron chi connectivity index (χ4n) is 3.93. The number of carbonyl (C=O) groups excluding carboxylic acids is 1. The first kappa shape index (κ1) is 17.3. The van der Waals surface area contributed by atoms with Gasteiger partial charge in [-0.15, -0.1) is 13.2 Å². The first-order valence-corrected chi connectivity index (χ1v) is 8.19. The Kier molecular flexibility index (Phi) is 4.59. The van der Waals surface area contributed by atoms with Crippen LogP contribution in [-0.4, -0.2) is 54.0 Å². The minimum Gasteiger partial charge on any atom is -0.373 e. The molecule has 24 heavy (non-hydrogen) atoms. The summed E-state index contributed by atoms with van der Waals surface area (Å²) in [6.45, 7) is 7.19. The van der Waals surface area contributed by atoms with Crippen LogP contribution in [0.1, 0.15) is 32.6 Å². The number of halogens is 3. The zero-order valence-electron chi connectivity index (χ0n) is 13.6. The number of carbonyl (C=O) groups is 1. The Labute approximate surface area is 139 Å². The van der Waals surface area contributed by atoms with Gasteiger partial charge in [0.1, 0.15) is 5.78 Å². The quantitative estimate of drug-likeness (QED) is 0.568. The number of hydrazone groups is 1. The van der Waals surface area contributed by atoms with Gasteiger partial charge in [-0.1, -0.05) is 0 Å². The van der Waals surface area contributed by atoms with Gasteiger partial charge in [0.25, 0.3) is 0 Å². The van der Waals surface area contributed by atoms with E-state index in [0.29, 0.717) is 30.5 Å². The molecule has 0 aromatic heterocycles. The Balaban J connectivity index is 1.53. The van der Waals surface area contributed by atoms with E-state index >= 15 is 0 Å². The summed E-state index contributed by atoms with van der Waals surface area (Å²) in [6, 6.07) is -0.117. The number of likely N-dealkylation sites (tertiary alicyclic amines) is 1. The van der Waals surface area contributed by atoms with Crippen LogP contribution in [0.15, 0.2) is 17.0 Å². The summed E-state index contributed by atoms with van der Waals surface area (Å²) in [7, 11) is 0. The maximum Gasteiger partial charge on any atom is 0.522 e. The molecule has 0 spiro atoms. The molecule has 3 fully saturated rings. The third kappa shape index (κ3) is 3.74. The molecule has 2 saturated carbocycles. The molecule has 8 heteroatoms. The van der Waals surface area contributed by atoms with Crippen molar-refractivity contribution in [3.63, 3.8) is 0 Å². The highest BCUT2D eigenvalue weighted by atomic mass is 19.4. The van der Waals surface area contributed by atoms with Gasteiger partial charge >= 0.3 is 6.36 Å². The molecule has 2 aliphatic carbocycles. The zero-order valence-corrected chi connectivity index (χ0v) is 13.6. The van der Waals surface area contributed by atoms with Crippen LogP contribution < -0.4 is 0 Å². The lowest BCUT2D eigenvalue weighted by Crippen LogP contribution is -2.46. The van der Waals surface area contributed by atoms with Crippen molar-refractivity contribution in [2.45, 2.75) is 51.1 Å². The molecule has 0 aromatic carbocycles. The van der Waals surface area contributed by atoms with Gasteiger partial charge in [-0.05, 0) is 31.6 Å². The molecule has 0 amide bonds. The number of allylic oxidation sites excluding steroid dienone is 1. The molecular weight excluding hydrogens is 323 g/mol. The van der Waals surface area contributed by atoms with Crippen LogP contribution in [0, 0.1) is 11.8 Å². The number of ether oxygens (including phenoxy) is 1. The van der Waals surface area contributed by atoms with Gasteiger partial charge < -0.3 is 4.90 Å². The number of hydrogen-bond acceptors (Lipinski definition) is 5. The van der Waals surface area contributed by atoms with E-state index in [1.54, 1.807) is 5.01 Å². The molecule has 5 nitrogen and oxygen atoms in total. The second-order valence-electron chi connectivity index (χ2n) is 6.97. The van der Waals surface area contributed by atoms with Crippen molar-refractivity contribution in [3.05, 3.63) is 11.9 Å². The Morgan fingerprint density at radius 3 is 2.42 bits per heavy atom. The minimum atomic E-state index is -4.58. The van der Waals surface area contributed by atoms with Crippen LogP contribution in [0.3, 0.4) is 0 Å². The maximum atomic E-state index is 12.2. The highest BCUT2D eigenvalue weighted by Crippen LogP contribution is 2.38. The summed E-state index contributed by atoms with van der Waals surface area (Å²) in [6.07, 6.45) is -1.66. The van der Waals surface area contributed by atoms with Gasteiger partial charge in [-0.2, -0.15) is 5.10 Å². The smallest absolute Gasteiger partial charge is 0.373 e. The molecule has 134 valence electrons. The molecule has 2 atom stereocenters. The van der Waals surface area contributed by atoms with Gasteiger partial charge in [-0.25, -0.2) is 0 Å². The van der Waals surface area contributed by atoms with Crippen LogP contribution in [0.2, 0.25) is 0 Å². The molecule has 0 N–H and O–H groups in total. The van der Waals surface area contributed by atoms with Crippen molar-refractivity contribution >= 4 is 12.5 Å². The van der Waals surface area contributed by atoms with Gasteiger partial charge in [0, 0.05) is 44.5 Å². The van der Waals surface area contributed by atoms with E-state index < -0.39 is 12.5 Å². The third-order valence-electron chi connectivity index (χ3n) is 5.28.